The van der Waals surface area contributed by atoms with E-state index in [9.17, 15) is 9.59 Å². The second-order valence-electron chi connectivity index (χ2n) is 4.45. The van der Waals surface area contributed by atoms with Gasteiger partial charge in [0.2, 0.25) is 0 Å². The summed E-state index contributed by atoms with van der Waals surface area (Å²) in [6.45, 7) is 5.94. The summed E-state index contributed by atoms with van der Waals surface area (Å²) in [5.41, 5.74) is 3.90. The molecule has 0 amide bonds. The molecule has 0 aliphatic carbocycles. The Bertz CT molecular complexity index is 535. The molecular formula is C14H14O3. The highest BCUT2D eigenvalue weighted by Gasteiger charge is 2.32. The lowest BCUT2D eigenvalue weighted by Crippen LogP contribution is -2.02. The van der Waals surface area contributed by atoms with E-state index in [1.54, 1.807) is 6.07 Å². The van der Waals surface area contributed by atoms with Crippen LogP contribution >= 0.6 is 0 Å². The number of hydrogen-bond donors (Lipinski definition) is 0. The highest BCUT2D eigenvalue weighted by Crippen LogP contribution is 2.27. The largest absolute Gasteiger partial charge is 0.386 e. The van der Waals surface area contributed by atoms with Crippen molar-refractivity contribution in [2.75, 3.05) is 0 Å². The van der Waals surface area contributed by atoms with E-state index in [0.717, 1.165) is 11.1 Å². The van der Waals surface area contributed by atoms with Crippen LogP contribution in [0.5, 0.6) is 0 Å². The van der Waals surface area contributed by atoms with Crippen molar-refractivity contribution in [1.82, 2.24) is 0 Å². The molecule has 0 spiro atoms. The van der Waals surface area contributed by atoms with Crippen molar-refractivity contribution in [3.63, 3.8) is 0 Å². The summed E-state index contributed by atoms with van der Waals surface area (Å²) in [6.07, 6.45) is 2.69. The molecule has 0 bridgehead atoms. The monoisotopic (exact) mass is 230 g/mol. The van der Waals surface area contributed by atoms with Gasteiger partial charge in [-0.25, -0.2) is 9.59 Å². The summed E-state index contributed by atoms with van der Waals surface area (Å²) in [6, 6.07) is 3.51. The Morgan fingerprint density at radius 2 is 1.94 bits per heavy atom. The van der Waals surface area contributed by atoms with Gasteiger partial charge in [0, 0.05) is 0 Å². The zero-order chi connectivity index (χ0) is 12.6. The van der Waals surface area contributed by atoms with Crippen molar-refractivity contribution in [2.45, 2.75) is 27.2 Å². The van der Waals surface area contributed by atoms with Crippen molar-refractivity contribution >= 4 is 11.9 Å². The van der Waals surface area contributed by atoms with E-state index in [-0.39, 0.29) is 0 Å². The fraction of sp³-hybridized carbons (Fsp3) is 0.286. The summed E-state index contributed by atoms with van der Waals surface area (Å²) >= 11 is 0. The highest BCUT2D eigenvalue weighted by molar-refractivity contribution is 6.15. The molecule has 0 unspecified atom stereocenters. The molecule has 0 aromatic heterocycles. The molecule has 17 heavy (non-hydrogen) atoms. The van der Waals surface area contributed by atoms with E-state index < -0.39 is 11.9 Å². The van der Waals surface area contributed by atoms with E-state index in [1.807, 2.05) is 32.9 Å². The Kier molecular flexibility index (Phi) is 2.84. The van der Waals surface area contributed by atoms with Gasteiger partial charge in [-0.2, -0.15) is 0 Å². The second kappa shape index (κ2) is 4.17. The minimum absolute atomic E-state index is 0.387. The Morgan fingerprint density at radius 3 is 2.59 bits per heavy atom. The average molecular weight is 230 g/mol. The molecule has 0 fully saturated rings. The zero-order valence-electron chi connectivity index (χ0n) is 10.2. The number of benzene rings is 1. The van der Waals surface area contributed by atoms with Gasteiger partial charge in [-0.05, 0) is 44.4 Å². The average Bonchev–Trinajstić information content (AvgIpc) is 2.53. The number of ether oxygens (including phenoxy) is 1. The van der Waals surface area contributed by atoms with Gasteiger partial charge in [-0.1, -0.05) is 17.7 Å². The smallest absolute Gasteiger partial charge is 0.347 e. The Balaban J connectivity index is 2.55. The van der Waals surface area contributed by atoms with E-state index >= 15 is 0 Å². The molecule has 0 radical (unpaired) electrons. The first-order valence-electron chi connectivity index (χ1n) is 5.53. The number of carbonyl (C=O) groups is 2. The first kappa shape index (κ1) is 11.6. The van der Waals surface area contributed by atoms with Crippen molar-refractivity contribution in [3.8, 4) is 0 Å². The molecule has 0 atom stereocenters. The van der Waals surface area contributed by atoms with Gasteiger partial charge in [0.05, 0.1) is 11.1 Å². The van der Waals surface area contributed by atoms with E-state index in [2.05, 4.69) is 4.74 Å². The summed E-state index contributed by atoms with van der Waals surface area (Å²) in [5.74, 6) is -1.06. The van der Waals surface area contributed by atoms with Gasteiger partial charge in [0.15, 0.2) is 0 Å². The molecule has 3 nitrogen and oxygen atoms in total. The molecule has 0 saturated heterocycles. The van der Waals surface area contributed by atoms with E-state index in [4.69, 9.17) is 0 Å². The SMILES string of the molecule is CC(C)=CCc1c(C)ccc2c1C(=O)OC2=O. The number of allylic oxidation sites excluding steroid dienone is 2. The van der Waals surface area contributed by atoms with Crippen molar-refractivity contribution < 1.29 is 14.3 Å². The minimum atomic E-state index is -0.538. The van der Waals surface area contributed by atoms with Crippen LogP contribution in [-0.4, -0.2) is 11.9 Å². The molecule has 0 N–H and O–H groups in total. The van der Waals surface area contributed by atoms with Gasteiger partial charge in [0.1, 0.15) is 0 Å². The fourth-order valence-corrected chi connectivity index (χ4v) is 1.91. The summed E-state index contributed by atoms with van der Waals surface area (Å²) in [7, 11) is 0. The molecule has 1 aliphatic heterocycles. The summed E-state index contributed by atoms with van der Waals surface area (Å²) < 4.78 is 4.64. The number of fused-ring (bicyclic) bond motifs is 1. The first-order valence-corrected chi connectivity index (χ1v) is 5.53. The van der Waals surface area contributed by atoms with Gasteiger partial charge < -0.3 is 4.74 Å². The van der Waals surface area contributed by atoms with Crippen molar-refractivity contribution in [1.29, 1.82) is 0 Å². The summed E-state index contributed by atoms with van der Waals surface area (Å²) in [5, 5.41) is 0. The van der Waals surface area contributed by atoms with E-state index in [1.165, 1.54) is 5.57 Å². The number of aryl methyl sites for hydroxylation is 1. The van der Waals surface area contributed by atoms with Crippen LogP contribution in [-0.2, 0) is 11.2 Å². The van der Waals surface area contributed by atoms with Crippen LogP contribution in [0.15, 0.2) is 23.8 Å². The summed E-state index contributed by atoms with van der Waals surface area (Å²) in [4.78, 5) is 23.0. The number of carbonyl (C=O) groups excluding carboxylic acids is 2. The lowest BCUT2D eigenvalue weighted by Gasteiger charge is -2.06. The molecule has 1 aliphatic rings. The number of cyclic esters (lactones) is 2. The number of esters is 2. The predicted octanol–water partition coefficient (Wildman–Crippen LogP) is 2.81. The Labute approximate surface area is 100 Å². The highest BCUT2D eigenvalue weighted by atomic mass is 16.6. The van der Waals surface area contributed by atoms with Gasteiger partial charge in [0.25, 0.3) is 0 Å². The first-order chi connectivity index (χ1) is 8.00. The van der Waals surface area contributed by atoms with Crippen LogP contribution in [0.2, 0.25) is 0 Å². The second-order valence-corrected chi connectivity index (χ2v) is 4.45. The van der Waals surface area contributed by atoms with E-state index in [0.29, 0.717) is 17.5 Å². The van der Waals surface area contributed by atoms with Crippen LogP contribution in [0.25, 0.3) is 0 Å². The minimum Gasteiger partial charge on any atom is -0.386 e. The lowest BCUT2D eigenvalue weighted by molar-refractivity contribution is 0.0443. The third-order valence-corrected chi connectivity index (χ3v) is 2.87. The topological polar surface area (TPSA) is 43.4 Å². The number of hydrogen-bond acceptors (Lipinski definition) is 3. The molecule has 3 heteroatoms. The van der Waals surface area contributed by atoms with Crippen LogP contribution in [0.3, 0.4) is 0 Å². The molecular weight excluding hydrogens is 216 g/mol. The fourth-order valence-electron chi connectivity index (χ4n) is 1.91. The standard InChI is InChI=1S/C14H14O3/c1-8(2)4-6-10-9(3)5-7-11-12(10)14(16)17-13(11)15/h4-5,7H,6H2,1-3H3. The van der Waals surface area contributed by atoms with Crippen LogP contribution < -0.4 is 0 Å². The van der Waals surface area contributed by atoms with Gasteiger partial charge in [-0.3, -0.25) is 0 Å². The van der Waals surface area contributed by atoms with Crippen LogP contribution in [0.1, 0.15) is 45.7 Å². The third-order valence-electron chi connectivity index (χ3n) is 2.87. The Hall–Kier alpha value is -1.90. The lowest BCUT2D eigenvalue weighted by atomic mass is 9.95. The van der Waals surface area contributed by atoms with Gasteiger partial charge >= 0.3 is 11.9 Å². The third kappa shape index (κ3) is 2.00. The van der Waals surface area contributed by atoms with Gasteiger partial charge in [-0.15, -0.1) is 0 Å². The molecule has 1 aromatic rings. The number of rotatable bonds is 2. The molecule has 0 saturated carbocycles. The molecule has 2 rings (SSSR count). The molecule has 1 aromatic carbocycles. The van der Waals surface area contributed by atoms with Crippen molar-refractivity contribution in [3.05, 3.63) is 46.0 Å². The maximum Gasteiger partial charge on any atom is 0.347 e. The van der Waals surface area contributed by atoms with Crippen LogP contribution in [0, 0.1) is 6.92 Å². The molecule has 88 valence electrons. The molecule has 1 heterocycles. The van der Waals surface area contributed by atoms with Crippen LogP contribution in [0.4, 0.5) is 0 Å². The normalized spacial score (nSPS) is 13.4. The zero-order valence-corrected chi connectivity index (χ0v) is 10.2. The quantitative estimate of drug-likeness (QED) is 0.445. The maximum atomic E-state index is 11.6. The Morgan fingerprint density at radius 1 is 1.24 bits per heavy atom. The predicted molar refractivity (Wildman–Crippen MR) is 64.1 cm³/mol. The van der Waals surface area contributed by atoms with Crippen molar-refractivity contribution in [2.24, 2.45) is 0 Å². The maximum absolute atomic E-state index is 11.6.